The highest BCUT2D eigenvalue weighted by Gasteiger charge is 2.43. The topological polar surface area (TPSA) is 98.7 Å². The van der Waals surface area contributed by atoms with E-state index < -0.39 is 20.4 Å². The zero-order valence-electron chi connectivity index (χ0n) is 12.0. The molecule has 118 valence electrons. The van der Waals surface area contributed by atoms with E-state index in [1.165, 1.54) is 4.57 Å². The van der Waals surface area contributed by atoms with E-state index in [-0.39, 0.29) is 6.54 Å². The Bertz CT molecular complexity index is 716. The first-order valence-electron chi connectivity index (χ1n) is 6.57. The molecule has 3 N–H and O–H groups in total. The van der Waals surface area contributed by atoms with Crippen LogP contribution in [0, 0.1) is 0 Å². The predicted octanol–water partition coefficient (Wildman–Crippen LogP) is 2.05. The summed E-state index contributed by atoms with van der Waals surface area (Å²) in [7, 11) is -8.62. The minimum Gasteiger partial charge on any atom is -0.344 e. The van der Waals surface area contributed by atoms with Gasteiger partial charge in [0, 0.05) is 18.3 Å². The lowest BCUT2D eigenvalue weighted by molar-refractivity contribution is -0.694. The van der Waals surface area contributed by atoms with Crippen molar-refractivity contribution in [3.05, 3.63) is 54.9 Å². The number of pyridine rings is 1. The third kappa shape index (κ3) is 4.35. The van der Waals surface area contributed by atoms with Gasteiger partial charge in [0.1, 0.15) is 0 Å². The summed E-state index contributed by atoms with van der Waals surface area (Å²) < 4.78 is 24.8. The van der Waals surface area contributed by atoms with Crippen molar-refractivity contribution in [2.24, 2.45) is 0 Å². The molecule has 2 atom stereocenters. The first kappa shape index (κ1) is 17.1. The fourth-order valence-electron chi connectivity index (χ4n) is 2.16. The van der Waals surface area contributed by atoms with E-state index >= 15 is 0 Å². The molecule has 0 radical (unpaired) electrons. The van der Waals surface area contributed by atoms with Crippen molar-refractivity contribution in [2.45, 2.75) is 11.9 Å². The molecule has 2 aromatic rings. The molecule has 0 amide bonds. The lowest BCUT2D eigenvalue weighted by Gasteiger charge is -2.18. The van der Waals surface area contributed by atoms with Gasteiger partial charge in [-0.25, -0.2) is 4.57 Å². The van der Waals surface area contributed by atoms with E-state index in [4.69, 9.17) is 0 Å². The molecule has 0 bridgehead atoms. The molecular formula is C14H18NO5P2+. The third-order valence-electron chi connectivity index (χ3n) is 3.28. The van der Waals surface area contributed by atoms with Crippen LogP contribution in [0.5, 0.6) is 0 Å². The van der Waals surface area contributed by atoms with Crippen LogP contribution in [-0.2, 0) is 15.7 Å². The van der Waals surface area contributed by atoms with Gasteiger partial charge in [0.2, 0.25) is 7.37 Å². The van der Waals surface area contributed by atoms with Crippen molar-refractivity contribution in [3.63, 3.8) is 0 Å². The van der Waals surface area contributed by atoms with Crippen molar-refractivity contribution in [3.8, 4) is 11.1 Å². The SMILES string of the molecule is CP(=O)(O)C(C[n+]1cccc(-c2ccccc2)c1)P(=O)(O)O. The highest BCUT2D eigenvalue weighted by molar-refractivity contribution is 7.73. The van der Waals surface area contributed by atoms with Gasteiger partial charge in [0.15, 0.2) is 24.3 Å². The van der Waals surface area contributed by atoms with Gasteiger partial charge in [-0.2, -0.15) is 0 Å². The van der Waals surface area contributed by atoms with E-state index in [2.05, 4.69) is 0 Å². The van der Waals surface area contributed by atoms with Gasteiger partial charge in [-0.05, 0) is 11.6 Å². The maximum absolute atomic E-state index is 11.8. The highest BCUT2D eigenvalue weighted by atomic mass is 31.2. The molecule has 1 heterocycles. The van der Waals surface area contributed by atoms with Gasteiger partial charge in [-0.3, -0.25) is 9.13 Å². The quantitative estimate of drug-likeness (QED) is 0.571. The zero-order valence-corrected chi connectivity index (χ0v) is 13.8. The highest BCUT2D eigenvalue weighted by Crippen LogP contribution is 2.60. The van der Waals surface area contributed by atoms with Crippen molar-refractivity contribution in [1.29, 1.82) is 0 Å². The molecule has 0 aliphatic carbocycles. The number of aromatic nitrogens is 1. The van der Waals surface area contributed by atoms with E-state index in [1.54, 1.807) is 18.5 Å². The molecule has 0 aliphatic heterocycles. The van der Waals surface area contributed by atoms with Crippen LogP contribution in [0.3, 0.4) is 0 Å². The zero-order chi connectivity index (χ0) is 16.4. The van der Waals surface area contributed by atoms with Gasteiger partial charge < -0.3 is 14.7 Å². The van der Waals surface area contributed by atoms with E-state index in [0.29, 0.717) is 0 Å². The average Bonchev–Trinajstić information content (AvgIpc) is 2.44. The molecule has 8 heteroatoms. The second-order valence-corrected chi connectivity index (χ2v) is 9.89. The van der Waals surface area contributed by atoms with Gasteiger partial charge in [-0.15, -0.1) is 0 Å². The fraction of sp³-hybridized carbons (Fsp3) is 0.214. The summed E-state index contributed by atoms with van der Waals surface area (Å²) in [5.41, 5.74) is 1.81. The summed E-state index contributed by atoms with van der Waals surface area (Å²) in [5.74, 6) is 0. The van der Waals surface area contributed by atoms with Crippen molar-refractivity contribution < 1.29 is 28.4 Å². The maximum Gasteiger partial charge on any atom is 0.344 e. The van der Waals surface area contributed by atoms with Crippen LogP contribution < -0.4 is 4.57 Å². The summed E-state index contributed by atoms with van der Waals surface area (Å²) in [6.07, 6.45) is 3.32. The van der Waals surface area contributed by atoms with Crippen LogP contribution >= 0.6 is 15.0 Å². The molecule has 0 spiro atoms. The maximum atomic E-state index is 11.8. The first-order valence-corrected chi connectivity index (χ1v) is 10.4. The van der Waals surface area contributed by atoms with Crippen LogP contribution in [-0.4, -0.2) is 26.7 Å². The molecule has 2 unspecified atom stereocenters. The minimum absolute atomic E-state index is 0.227. The third-order valence-corrected chi connectivity index (χ3v) is 7.68. The van der Waals surface area contributed by atoms with Gasteiger partial charge in [0.25, 0.3) is 0 Å². The smallest absolute Gasteiger partial charge is 0.344 e. The molecule has 0 aliphatic rings. The van der Waals surface area contributed by atoms with Crippen LogP contribution in [0.2, 0.25) is 0 Å². The minimum atomic E-state index is -4.68. The summed E-state index contributed by atoms with van der Waals surface area (Å²) in [6, 6.07) is 13.1. The first-order chi connectivity index (χ1) is 10.2. The lowest BCUT2D eigenvalue weighted by atomic mass is 10.1. The summed E-state index contributed by atoms with van der Waals surface area (Å²) in [5, 5.41) is -1.61. The van der Waals surface area contributed by atoms with Gasteiger partial charge in [0.05, 0.1) is 0 Å². The monoisotopic (exact) mass is 342 g/mol. The Balaban J connectivity index is 2.34. The molecule has 2 rings (SSSR count). The molecule has 1 aromatic carbocycles. The Morgan fingerprint density at radius 1 is 1.00 bits per heavy atom. The Labute approximate surface area is 128 Å². The molecule has 6 nitrogen and oxygen atoms in total. The Kier molecular flexibility index (Phi) is 5.00. The van der Waals surface area contributed by atoms with Crippen molar-refractivity contribution in [2.75, 3.05) is 6.66 Å². The lowest BCUT2D eigenvalue weighted by Crippen LogP contribution is -2.39. The number of benzene rings is 1. The standard InChI is InChI=1S/C14H17NO5P2/c1-21(16,17)14(22(18,19)20)11-15-9-5-8-13(10-15)12-6-3-2-4-7-12/h2-10,14H,11H2,1H3,(H2-,16,17,18,19,20)/p+1. The molecular weight excluding hydrogens is 324 g/mol. The molecule has 0 saturated carbocycles. The van der Waals surface area contributed by atoms with Gasteiger partial charge in [-0.1, -0.05) is 30.3 Å². The number of rotatable bonds is 5. The molecule has 22 heavy (non-hydrogen) atoms. The molecule has 1 aromatic heterocycles. The molecule has 0 saturated heterocycles. The number of hydrogen-bond donors (Lipinski definition) is 3. The Hall–Kier alpha value is -1.29. The van der Waals surface area contributed by atoms with Crippen LogP contribution in [0.1, 0.15) is 0 Å². The Morgan fingerprint density at radius 2 is 1.59 bits per heavy atom. The summed E-state index contributed by atoms with van der Waals surface area (Å²) in [4.78, 5) is 28.3. The van der Waals surface area contributed by atoms with Crippen molar-refractivity contribution >= 4 is 15.0 Å². The van der Waals surface area contributed by atoms with E-state index in [0.717, 1.165) is 17.8 Å². The van der Waals surface area contributed by atoms with Gasteiger partial charge >= 0.3 is 7.60 Å². The molecule has 0 fully saturated rings. The normalized spacial score (nSPS) is 16.0. The van der Waals surface area contributed by atoms with E-state index in [1.807, 2.05) is 36.4 Å². The second-order valence-electron chi connectivity index (χ2n) is 5.17. The summed E-state index contributed by atoms with van der Waals surface area (Å²) >= 11 is 0. The Morgan fingerprint density at radius 3 is 2.14 bits per heavy atom. The predicted molar refractivity (Wildman–Crippen MR) is 83.7 cm³/mol. The van der Waals surface area contributed by atoms with Crippen LogP contribution in [0.4, 0.5) is 0 Å². The number of hydrogen-bond acceptors (Lipinski definition) is 2. The number of nitrogens with zero attached hydrogens (tertiary/aromatic N) is 1. The van der Waals surface area contributed by atoms with E-state index in [9.17, 15) is 23.8 Å². The van der Waals surface area contributed by atoms with Crippen LogP contribution in [0.25, 0.3) is 11.1 Å². The fourth-order valence-corrected chi connectivity index (χ4v) is 5.29. The average molecular weight is 342 g/mol. The second kappa shape index (κ2) is 6.45. The summed E-state index contributed by atoms with van der Waals surface area (Å²) in [6.45, 7) is 0.744. The van der Waals surface area contributed by atoms with Crippen molar-refractivity contribution in [1.82, 2.24) is 0 Å². The van der Waals surface area contributed by atoms with Crippen LogP contribution in [0.15, 0.2) is 54.9 Å². The largest absolute Gasteiger partial charge is 0.344 e.